The minimum Gasteiger partial charge on any atom is -0.389 e. The van der Waals surface area contributed by atoms with E-state index in [4.69, 9.17) is 4.74 Å². The maximum Gasteiger partial charge on any atom is 0.191 e. The molecule has 152 valence electrons. The third kappa shape index (κ3) is 9.02. The first-order valence-corrected chi connectivity index (χ1v) is 10.1. The van der Waals surface area contributed by atoms with E-state index in [9.17, 15) is 5.11 Å². The van der Waals surface area contributed by atoms with E-state index in [1.54, 1.807) is 0 Å². The van der Waals surface area contributed by atoms with Crippen LogP contribution in [0.1, 0.15) is 31.4 Å². The lowest BCUT2D eigenvalue weighted by atomic mass is 10.1. The Hall–Kier alpha value is -2.37. The van der Waals surface area contributed by atoms with Crippen molar-refractivity contribution >= 4 is 5.96 Å². The predicted molar refractivity (Wildman–Crippen MR) is 115 cm³/mol. The van der Waals surface area contributed by atoms with E-state index in [0.717, 1.165) is 30.9 Å². The average Bonchev–Trinajstić information content (AvgIpc) is 2.72. The SMILES string of the molecule is CCNC(=NCC(O)COCc1ccccc1)NC(C)CCc1ccccc1. The number of aliphatic imine (C=N–C) groups is 1. The van der Waals surface area contributed by atoms with E-state index in [1.807, 2.05) is 43.3 Å². The number of hydrogen-bond donors (Lipinski definition) is 3. The van der Waals surface area contributed by atoms with Crippen LogP contribution in [-0.2, 0) is 17.8 Å². The van der Waals surface area contributed by atoms with E-state index in [-0.39, 0.29) is 12.6 Å². The molecule has 3 N–H and O–H groups in total. The summed E-state index contributed by atoms with van der Waals surface area (Å²) in [5.41, 5.74) is 2.43. The van der Waals surface area contributed by atoms with Crippen LogP contribution >= 0.6 is 0 Å². The summed E-state index contributed by atoms with van der Waals surface area (Å²) >= 11 is 0. The van der Waals surface area contributed by atoms with Crippen molar-refractivity contribution in [2.24, 2.45) is 4.99 Å². The van der Waals surface area contributed by atoms with Crippen molar-refractivity contribution in [1.29, 1.82) is 0 Å². The van der Waals surface area contributed by atoms with Gasteiger partial charge in [-0.3, -0.25) is 4.99 Å². The number of aryl methyl sites for hydroxylation is 1. The Balaban J connectivity index is 1.72. The van der Waals surface area contributed by atoms with Gasteiger partial charge in [-0.25, -0.2) is 0 Å². The molecule has 0 aliphatic carbocycles. The first-order chi connectivity index (χ1) is 13.7. The largest absolute Gasteiger partial charge is 0.389 e. The summed E-state index contributed by atoms with van der Waals surface area (Å²) < 4.78 is 5.58. The van der Waals surface area contributed by atoms with Gasteiger partial charge in [0.25, 0.3) is 0 Å². The Bertz CT molecular complexity index is 677. The fourth-order valence-corrected chi connectivity index (χ4v) is 2.79. The lowest BCUT2D eigenvalue weighted by molar-refractivity contribution is 0.0331. The van der Waals surface area contributed by atoms with Gasteiger partial charge >= 0.3 is 0 Å². The number of rotatable bonds is 11. The molecule has 0 fully saturated rings. The monoisotopic (exact) mass is 383 g/mol. The summed E-state index contributed by atoms with van der Waals surface area (Å²) in [6.45, 7) is 6.02. The van der Waals surface area contributed by atoms with Crippen molar-refractivity contribution in [3.05, 3.63) is 71.8 Å². The lowest BCUT2D eigenvalue weighted by Gasteiger charge is -2.18. The van der Waals surface area contributed by atoms with Crippen LogP contribution < -0.4 is 10.6 Å². The number of guanidine groups is 1. The quantitative estimate of drug-likeness (QED) is 0.412. The third-order valence-electron chi connectivity index (χ3n) is 4.32. The molecular formula is C23H33N3O2. The zero-order valence-electron chi connectivity index (χ0n) is 17.0. The van der Waals surface area contributed by atoms with Crippen LogP contribution in [0.2, 0.25) is 0 Å². The van der Waals surface area contributed by atoms with E-state index < -0.39 is 6.10 Å². The topological polar surface area (TPSA) is 65.9 Å². The Morgan fingerprint density at radius 2 is 1.68 bits per heavy atom. The highest BCUT2D eigenvalue weighted by Gasteiger charge is 2.08. The number of nitrogens with one attached hydrogen (secondary N) is 2. The van der Waals surface area contributed by atoms with E-state index >= 15 is 0 Å². The van der Waals surface area contributed by atoms with Crippen molar-refractivity contribution in [2.75, 3.05) is 19.7 Å². The highest BCUT2D eigenvalue weighted by Crippen LogP contribution is 2.05. The van der Waals surface area contributed by atoms with Gasteiger partial charge in [0.1, 0.15) is 0 Å². The van der Waals surface area contributed by atoms with Crippen molar-refractivity contribution in [3.8, 4) is 0 Å². The van der Waals surface area contributed by atoms with Crippen LogP contribution in [0.4, 0.5) is 0 Å². The Morgan fingerprint density at radius 3 is 2.32 bits per heavy atom. The molecule has 28 heavy (non-hydrogen) atoms. The standard InChI is InChI=1S/C23H33N3O2/c1-3-24-23(26-19(2)14-15-20-10-6-4-7-11-20)25-16-22(27)18-28-17-21-12-8-5-9-13-21/h4-13,19,22,27H,3,14-18H2,1-2H3,(H2,24,25,26). The highest BCUT2D eigenvalue weighted by atomic mass is 16.5. The van der Waals surface area contributed by atoms with Gasteiger partial charge in [0, 0.05) is 12.6 Å². The maximum atomic E-state index is 10.1. The molecule has 5 nitrogen and oxygen atoms in total. The maximum absolute atomic E-state index is 10.1. The van der Waals surface area contributed by atoms with Crippen LogP contribution in [0.25, 0.3) is 0 Å². The molecule has 0 saturated heterocycles. The van der Waals surface area contributed by atoms with E-state index in [0.29, 0.717) is 13.2 Å². The van der Waals surface area contributed by atoms with Crippen LogP contribution in [0.15, 0.2) is 65.7 Å². The molecule has 0 radical (unpaired) electrons. The molecule has 2 unspecified atom stereocenters. The third-order valence-corrected chi connectivity index (χ3v) is 4.32. The summed E-state index contributed by atoms with van der Waals surface area (Å²) in [5.74, 6) is 0.727. The molecule has 0 bridgehead atoms. The molecule has 0 aliphatic rings. The van der Waals surface area contributed by atoms with Gasteiger partial charge in [0.15, 0.2) is 5.96 Å². The minimum atomic E-state index is -0.626. The van der Waals surface area contributed by atoms with Gasteiger partial charge in [-0.15, -0.1) is 0 Å². The summed E-state index contributed by atoms with van der Waals surface area (Å²) in [7, 11) is 0. The van der Waals surface area contributed by atoms with Gasteiger partial charge in [-0.2, -0.15) is 0 Å². The molecule has 0 spiro atoms. The Labute approximate surface area is 168 Å². The van der Waals surface area contributed by atoms with Crippen molar-refractivity contribution in [2.45, 2.75) is 45.4 Å². The summed E-state index contributed by atoms with van der Waals surface area (Å²) in [6.07, 6.45) is 1.40. The Kier molecular flexibility index (Phi) is 10.1. The van der Waals surface area contributed by atoms with E-state index in [1.165, 1.54) is 5.56 Å². The zero-order chi connectivity index (χ0) is 20.0. The van der Waals surface area contributed by atoms with E-state index in [2.05, 4.69) is 46.8 Å². The van der Waals surface area contributed by atoms with Gasteiger partial charge in [0.05, 0.1) is 25.9 Å². The normalized spacial score (nSPS) is 13.8. The zero-order valence-corrected chi connectivity index (χ0v) is 17.0. The number of hydrogen-bond acceptors (Lipinski definition) is 3. The van der Waals surface area contributed by atoms with Crippen LogP contribution in [0.3, 0.4) is 0 Å². The molecule has 0 aromatic heterocycles. The summed E-state index contributed by atoms with van der Waals surface area (Å²) in [6, 6.07) is 20.7. The molecular weight excluding hydrogens is 350 g/mol. The van der Waals surface area contributed by atoms with Crippen LogP contribution in [0, 0.1) is 0 Å². The number of aliphatic hydroxyl groups excluding tert-OH is 1. The molecule has 0 saturated carbocycles. The second-order valence-corrected chi connectivity index (χ2v) is 6.94. The van der Waals surface area contributed by atoms with Crippen molar-refractivity contribution < 1.29 is 9.84 Å². The molecule has 2 aromatic carbocycles. The van der Waals surface area contributed by atoms with Crippen LogP contribution in [-0.4, -0.2) is 42.9 Å². The fraction of sp³-hybridized carbons (Fsp3) is 0.435. The number of benzene rings is 2. The molecule has 0 heterocycles. The number of ether oxygens (including phenoxy) is 1. The van der Waals surface area contributed by atoms with Gasteiger partial charge in [-0.05, 0) is 37.8 Å². The lowest BCUT2D eigenvalue weighted by Crippen LogP contribution is -2.43. The summed E-state index contributed by atoms with van der Waals surface area (Å²) in [4.78, 5) is 4.50. The minimum absolute atomic E-state index is 0.265. The second-order valence-electron chi connectivity index (χ2n) is 6.94. The number of nitrogens with zero attached hydrogens (tertiary/aromatic N) is 1. The van der Waals surface area contributed by atoms with Crippen LogP contribution in [0.5, 0.6) is 0 Å². The second kappa shape index (κ2) is 12.9. The molecule has 5 heteroatoms. The molecule has 2 aromatic rings. The molecule has 0 aliphatic heterocycles. The highest BCUT2D eigenvalue weighted by molar-refractivity contribution is 5.80. The predicted octanol–water partition coefficient (Wildman–Crippen LogP) is 3.14. The number of aliphatic hydroxyl groups is 1. The first-order valence-electron chi connectivity index (χ1n) is 10.1. The fourth-order valence-electron chi connectivity index (χ4n) is 2.79. The molecule has 0 amide bonds. The smallest absolute Gasteiger partial charge is 0.191 e. The van der Waals surface area contributed by atoms with Gasteiger partial charge in [-0.1, -0.05) is 60.7 Å². The first kappa shape index (κ1) is 21.9. The summed E-state index contributed by atoms with van der Waals surface area (Å²) in [5, 5.41) is 16.8. The van der Waals surface area contributed by atoms with Gasteiger partial charge in [0.2, 0.25) is 0 Å². The average molecular weight is 384 g/mol. The van der Waals surface area contributed by atoms with Gasteiger partial charge < -0.3 is 20.5 Å². The molecule has 2 rings (SSSR count). The Morgan fingerprint density at radius 1 is 1.04 bits per heavy atom. The molecule has 2 atom stereocenters. The van der Waals surface area contributed by atoms with Crippen molar-refractivity contribution in [3.63, 3.8) is 0 Å². The van der Waals surface area contributed by atoms with Crippen molar-refractivity contribution in [1.82, 2.24) is 10.6 Å².